The Kier molecular flexibility index (Phi) is 7.21. The van der Waals surface area contributed by atoms with E-state index in [1.807, 2.05) is 30.3 Å². The Balaban J connectivity index is 1.91. The Morgan fingerprint density at radius 1 is 1.17 bits per heavy atom. The number of rotatable bonds is 8. The summed E-state index contributed by atoms with van der Waals surface area (Å²) in [6, 6.07) is 12.2. The first-order valence-electron chi connectivity index (χ1n) is 8.50. The highest BCUT2D eigenvalue weighted by Gasteiger charge is 2.10. The molecule has 0 aliphatic rings. The number of guanidine groups is 1. The molecule has 0 bridgehead atoms. The van der Waals surface area contributed by atoms with E-state index in [1.54, 1.807) is 7.11 Å². The van der Waals surface area contributed by atoms with Crippen LogP contribution in [0.15, 0.2) is 53.8 Å². The summed E-state index contributed by atoms with van der Waals surface area (Å²) in [4.78, 5) is 4.71. The van der Waals surface area contributed by atoms with Crippen LogP contribution < -0.4 is 15.4 Å². The maximum Gasteiger partial charge on any atom is 0.191 e. The van der Waals surface area contributed by atoms with Crippen LogP contribution in [0, 0.1) is 0 Å². The number of aliphatic imine (C=N–C) groups is 1. The van der Waals surface area contributed by atoms with Crippen LogP contribution in [0.3, 0.4) is 0 Å². The van der Waals surface area contributed by atoms with Gasteiger partial charge in [-0.15, -0.1) is 0 Å². The highest BCUT2D eigenvalue weighted by molar-refractivity contribution is 5.79. The minimum absolute atomic E-state index is 0.293. The number of aromatic nitrogens is 1. The van der Waals surface area contributed by atoms with Gasteiger partial charge in [-0.1, -0.05) is 25.1 Å². The van der Waals surface area contributed by atoms with E-state index in [-0.39, 0.29) is 0 Å². The van der Waals surface area contributed by atoms with Crippen LogP contribution in [-0.4, -0.2) is 37.3 Å². The fourth-order valence-corrected chi connectivity index (χ4v) is 2.56. The highest BCUT2D eigenvalue weighted by atomic mass is 16.5. The third kappa shape index (κ3) is 5.33. The molecular formula is C19H28N4O. The maximum absolute atomic E-state index is 5.44. The van der Waals surface area contributed by atoms with Gasteiger partial charge in [0.15, 0.2) is 5.96 Å². The molecular weight excluding hydrogens is 300 g/mol. The highest BCUT2D eigenvalue weighted by Crippen LogP contribution is 2.26. The van der Waals surface area contributed by atoms with Crippen LogP contribution in [0.25, 0.3) is 0 Å². The van der Waals surface area contributed by atoms with Crippen molar-refractivity contribution in [2.24, 2.45) is 4.99 Å². The maximum atomic E-state index is 5.44. The molecule has 0 saturated heterocycles. The number of ether oxygens (including phenoxy) is 1. The predicted octanol–water partition coefficient (Wildman–Crippen LogP) is 2.86. The molecule has 2 aromatic rings. The van der Waals surface area contributed by atoms with Gasteiger partial charge in [0, 0.05) is 44.5 Å². The van der Waals surface area contributed by atoms with Crippen molar-refractivity contribution >= 4 is 5.96 Å². The smallest absolute Gasteiger partial charge is 0.191 e. The van der Waals surface area contributed by atoms with E-state index in [0.717, 1.165) is 31.3 Å². The Morgan fingerprint density at radius 2 is 1.92 bits per heavy atom. The van der Waals surface area contributed by atoms with E-state index in [2.05, 4.69) is 47.5 Å². The quantitative estimate of drug-likeness (QED) is 0.579. The lowest BCUT2D eigenvalue weighted by Crippen LogP contribution is -2.39. The Bertz CT molecular complexity index is 622. The topological polar surface area (TPSA) is 50.6 Å². The van der Waals surface area contributed by atoms with Crippen LogP contribution in [0.1, 0.15) is 25.3 Å². The molecule has 1 aromatic heterocycles. The molecule has 0 amide bonds. The molecule has 5 nitrogen and oxygen atoms in total. The zero-order valence-electron chi connectivity index (χ0n) is 14.8. The molecule has 24 heavy (non-hydrogen) atoms. The summed E-state index contributed by atoms with van der Waals surface area (Å²) >= 11 is 0. The van der Waals surface area contributed by atoms with Gasteiger partial charge in [0.05, 0.1) is 7.11 Å². The lowest BCUT2D eigenvalue weighted by atomic mass is 10.0. The molecule has 130 valence electrons. The normalized spacial score (nSPS) is 12.7. The Labute approximate surface area is 144 Å². The van der Waals surface area contributed by atoms with Crippen molar-refractivity contribution in [3.8, 4) is 5.75 Å². The van der Waals surface area contributed by atoms with Gasteiger partial charge < -0.3 is 19.9 Å². The van der Waals surface area contributed by atoms with Crippen molar-refractivity contribution in [3.63, 3.8) is 0 Å². The standard InChI is InChI=1S/C19H28N4O/c1-4-20-19(21-11-14-23-12-7-8-13-23)22-15-16(2)17-9-5-6-10-18(17)24-3/h5-10,12-13,16H,4,11,14-15H2,1-3H3,(H2,20,21,22). The average Bonchev–Trinajstić information content (AvgIpc) is 3.12. The minimum atomic E-state index is 0.293. The summed E-state index contributed by atoms with van der Waals surface area (Å²) in [5.41, 5.74) is 1.19. The average molecular weight is 328 g/mol. The van der Waals surface area contributed by atoms with Gasteiger partial charge in [0.25, 0.3) is 0 Å². The van der Waals surface area contributed by atoms with Gasteiger partial charge in [-0.2, -0.15) is 0 Å². The number of methoxy groups -OCH3 is 1. The van der Waals surface area contributed by atoms with E-state index in [4.69, 9.17) is 9.73 Å². The number of hydrogen-bond acceptors (Lipinski definition) is 2. The van der Waals surface area contributed by atoms with Gasteiger partial charge in [0.2, 0.25) is 0 Å². The molecule has 0 radical (unpaired) electrons. The van der Waals surface area contributed by atoms with Gasteiger partial charge in [-0.05, 0) is 30.7 Å². The lowest BCUT2D eigenvalue weighted by Gasteiger charge is -2.16. The Hall–Kier alpha value is -2.43. The molecule has 1 unspecified atom stereocenters. The van der Waals surface area contributed by atoms with Gasteiger partial charge in [0.1, 0.15) is 5.75 Å². The summed E-state index contributed by atoms with van der Waals surface area (Å²) in [7, 11) is 1.71. The Morgan fingerprint density at radius 3 is 2.62 bits per heavy atom. The fourth-order valence-electron chi connectivity index (χ4n) is 2.56. The number of para-hydroxylation sites is 1. The van der Waals surface area contributed by atoms with Gasteiger partial charge in [-0.3, -0.25) is 4.99 Å². The predicted molar refractivity (Wildman–Crippen MR) is 99.8 cm³/mol. The molecule has 0 aliphatic carbocycles. The minimum Gasteiger partial charge on any atom is -0.496 e. The largest absolute Gasteiger partial charge is 0.496 e. The molecule has 5 heteroatoms. The fraction of sp³-hybridized carbons (Fsp3) is 0.421. The number of nitrogens with zero attached hydrogens (tertiary/aromatic N) is 2. The zero-order valence-corrected chi connectivity index (χ0v) is 14.8. The van der Waals surface area contributed by atoms with Crippen LogP contribution in [0.5, 0.6) is 5.75 Å². The van der Waals surface area contributed by atoms with Crippen LogP contribution in [0.2, 0.25) is 0 Å². The molecule has 2 N–H and O–H groups in total. The third-order valence-electron chi connectivity index (χ3n) is 3.87. The van der Waals surface area contributed by atoms with E-state index >= 15 is 0 Å². The molecule has 1 heterocycles. The second-order valence-corrected chi connectivity index (χ2v) is 5.71. The van der Waals surface area contributed by atoms with Crippen molar-refractivity contribution in [2.45, 2.75) is 26.3 Å². The van der Waals surface area contributed by atoms with Crippen LogP contribution in [0.4, 0.5) is 0 Å². The van der Waals surface area contributed by atoms with E-state index in [1.165, 1.54) is 5.56 Å². The van der Waals surface area contributed by atoms with Crippen molar-refractivity contribution in [1.82, 2.24) is 15.2 Å². The monoisotopic (exact) mass is 328 g/mol. The second kappa shape index (κ2) is 9.65. The van der Waals surface area contributed by atoms with Crippen LogP contribution in [-0.2, 0) is 6.54 Å². The summed E-state index contributed by atoms with van der Waals surface area (Å²) in [6.45, 7) is 7.55. The van der Waals surface area contributed by atoms with Gasteiger partial charge >= 0.3 is 0 Å². The first-order valence-corrected chi connectivity index (χ1v) is 8.50. The summed E-state index contributed by atoms with van der Waals surface area (Å²) in [6.07, 6.45) is 4.13. The number of benzene rings is 1. The summed E-state index contributed by atoms with van der Waals surface area (Å²) in [5.74, 6) is 2.07. The molecule has 1 aromatic carbocycles. The molecule has 0 saturated carbocycles. The van der Waals surface area contributed by atoms with Crippen molar-refractivity contribution in [3.05, 3.63) is 54.4 Å². The SMILES string of the molecule is CCNC(=NCC(C)c1ccccc1OC)NCCn1cccc1. The van der Waals surface area contributed by atoms with E-state index in [9.17, 15) is 0 Å². The van der Waals surface area contributed by atoms with E-state index in [0.29, 0.717) is 12.5 Å². The van der Waals surface area contributed by atoms with Crippen molar-refractivity contribution < 1.29 is 4.74 Å². The van der Waals surface area contributed by atoms with Crippen LogP contribution >= 0.6 is 0 Å². The summed E-state index contributed by atoms with van der Waals surface area (Å²) < 4.78 is 7.59. The lowest BCUT2D eigenvalue weighted by molar-refractivity contribution is 0.407. The molecule has 0 aliphatic heterocycles. The molecule has 0 spiro atoms. The molecule has 2 rings (SSSR count). The molecule has 1 atom stereocenters. The first kappa shape index (κ1) is 17.9. The van der Waals surface area contributed by atoms with Gasteiger partial charge in [-0.25, -0.2) is 0 Å². The zero-order chi connectivity index (χ0) is 17.2. The number of nitrogens with one attached hydrogen (secondary N) is 2. The van der Waals surface area contributed by atoms with Crippen molar-refractivity contribution in [2.75, 3.05) is 26.7 Å². The second-order valence-electron chi connectivity index (χ2n) is 5.71. The third-order valence-corrected chi connectivity index (χ3v) is 3.87. The first-order chi connectivity index (χ1) is 11.7. The summed E-state index contributed by atoms with van der Waals surface area (Å²) in [5, 5.41) is 6.68. The molecule has 0 fully saturated rings. The van der Waals surface area contributed by atoms with Crippen molar-refractivity contribution in [1.29, 1.82) is 0 Å². The van der Waals surface area contributed by atoms with E-state index < -0.39 is 0 Å². The number of hydrogen-bond donors (Lipinski definition) is 2.